The molecule has 0 unspecified atom stereocenters. The summed E-state index contributed by atoms with van der Waals surface area (Å²) in [6, 6.07) is 8.28. The van der Waals surface area contributed by atoms with Gasteiger partial charge in [-0.25, -0.2) is 0 Å². The standard InChI is InChI=1S/C10H13OSi/c1-4-12(11-3)10-8-6-5-7-9(10)2/h4-8H,1H2,2-3H3. The largest absolute Gasteiger partial charge is 0.411 e. The van der Waals surface area contributed by atoms with Crippen LogP contribution in [-0.2, 0) is 4.43 Å². The van der Waals surface area contributed by atoms with Crippen LogP contribution in [0.15, 0.2) is 36.5 Å². The van der Waals surface area contributed by atoms with Gasteiger partial charge in [0.25, 0.3) is 9.04 Å². The minimum Gasteiger partial charge on any atom is -0.411 e. The van der Waals surface area contributed by atoms with Crippen LogP contribution in [0.25, 0.3) is 0 Å². The molecule has 0 fully saturated rings. The van der Waals surface area contributed by atoms with Gasteiger partial charge in [-0.2, -0.15) is 0 Å². The zero-order chi connectivity index (χ0) is 8.97. The third-order valence-corrected chi connectivity index (χ3v) is 3.72. The summed E-state index contributed by atoms with van der Waals surface area (Å²) >= 11 is 0. The van der Waals surface area contributed by atoms with Gasteiger partial charge in [0, 0.05) is 7.11 Å². The Bertz CT molecular complexity index is 270. The van der Waals surface area contributed by atoms with E-state index in [1.165, 1.54) is 10.8 Å². The van der Waals surface area contributed by atoms with E-state index < -0.39 is 9.04 Å². The number of hydrogen-bond donors (Lipinski definition) is 0. The first-order valence-corrected chi connectivity index (χ1v) is 5.37. The highest BCUT2D eigenvalue weighted by Gasteiger charge is 2.11. The van der Waals surface area contributed by atoms with Crippen LogP contribution in [0.4, 0.5) is 0 Å². The second-order valence-electron chi connectivity index (χ2n) is 2.59. The maximum absolute atomic E-state index is 5.35. The van der Waals surface area contributed by atoms with Crippen molar-refractivity contribution in [3.63, 3.8) is 0 Å². The summed E-state index contributed by atoms with van der Waals surface area (Å²) in [5.41, 5.74) is 3.20. The van der Waals surface area contributed by atoms with Gasteiger partial charge in [-0.3, -0.25) is 0 Å². The Morgan fingerprint density at radius 1 is 1.42 bits per heavy atom. The monoisotopic (exact) mass is 177 g/mol. The minimum absolute atomic E-state index is 0.967. The predicted octanol–water partition coefficient (Wildman–Crippen LogP) is 1.57. The Labute approximate surface area is 75.4 Å². The average molecular weight is 177 g/mol. The van der Waals surface area contributed by atoms with Crippen LogP contribution in [-0.4, -0.2) is 16.2 Å². The third-order valence-electron chi connectivity index (χ3n) is 1.82. The van der Waals surface area contributed by atoms with Crippen LogP contribution in [0.2, 0.25) is 0 Å². The summed E-state index contributed by atoms with van der Waals surface area (Å²) in [6.07, 6.45) is 0. The van der Waals surface area contributed by atoms with Crippen molar-refractivity contribution in [2.75, 3.05) is 7.11 Å². The zero-order valence-corrected chi connectivity index (χ0v) is 8.50. The van der Waals surface area contributed by atoms with Crippen molar-refractivity contribution in [1.29, 1.82) is 0 Å². The molecule has 0 aromatic heterocycles. The van der Waals surface area contributed by atoms with Crippen molar-refractivity contribution >= 4 is 14.2 Å². The second kappa shape index (κ2) is 4.23. The van der Waals surface area contributed by atoms with Crippen LogP contribution >= 0.6 is 0 Å². The van der Waals surface area contributed by atoms with Crippen molar-refractivity contribution in [1.82, 2.24) is 0 Å². The Kier molecular flexibility index (Phi) is 3.26. The first-order chi connectivity index (χ1) is 5.79. The summed E-state index contributed by atoms with van der Waals surface area (Å²) < 4.78 is 5.35. The highest BCUT2D eigenvalue weighted by molar-refractivity contribution is 6.72. The molecule has 0 aliphatic heterocycles. The lowest BCUT2D eigenvalue weighted by Gasteiger charge is -2.09. The van der Waals surface area contributed by atoms with Gasteiger partial charge >= 0.3 is 0 Å². The first-order valence-electron chi connectivity index (χ1n) is 3.89. The lowest BCUT2D eigenvalue weighted by molar-refractivity contribution is 0.438. The SMILES string of the molecule is C=C[Si](OC)c1ccccc1C. The molecule has 2 heteroatoms. The molecule has 63 valence electrons. The zero-order valence-electron chi connectivity index (χ0n) is 7.50. The summed E-state index contributed by atoms with van der Waals surface area (Å²) in [5, 5.41) is 1.29. The van der Waals surface area contributed by atoms with Gasteiger partial charge in [0.1, 0.15) is 0 Å². The number of rotatable bonds is 3. The number of benzene rings is 1. The van der Waals surface area contributed by atoms with Gasteiger partial charge < -0.3 is 4.43 Å². The molecule has 0 aliphatic rings. The number of hydrogen-bond acceptors (Lipinski definition) is 1. The van der Waals surface area contributed by atoms with Crippen molar-refractivity contribution in [2.24, 2.45) is 0 Å². The molecule has 1 aromatic carbocycles. The predicted molar refractivity (Wildman–Crippen MR) is 53.8 cm³/mol. The fraction of sp³-hybridized carbons (Fsp3) is 0.200. The molecule has 0 N–H and O–H groups in total. The quantitative estimate of drug-likeness (QED) is 0.637. The van der Waals surface area contributed by atoms with Gasteiger partial charge in [-0.1, -0.05) is 30.0 Å². The van der Waals surface area contributed by atoms with Gasteiger partial charge in [-0.15, -0.1) is 6.58 Å². The topological polar surface area (TPSA) is 9.23 Å². The molecular weight excluding hydrogens is 164 g/mol. The summed E-state index contributed by atoms with van der Waals surface area (Å²) in [5.74, 6) is 0. The Hall–Kier alpha value is -0.863. The van der Waals surface area contributed by atoms with E-state index in [1.807, 2.05) is 17.8 Å². The molecule has 1 radical (unpaired) electrons. The third kappa shape index (κ3) is 1.84. The van der Waals surface area contributed by atoms with E-state index in [0.717, 1.165) is 0 Å². The molecule has 1 nitrogen and oxygen atoms in total. The first kappa shape index (κ1) is 9.23. The lowest BCUT2D eigenvalue weighted by atomic mass is 10.2. The normalized spacial score (nSPS) is 10.2. The van der Waals surface area contributed by atoms with Crippen molar-refractivity contribution < 1.29 is 4.43 Å². The summed E-state index contributed by atoms with van der Waals surface area (Å²) in [7, 11) is 0.771. The van der Waals surface area contributed by atoms with E-state index in [0.29, 0.717) is 0 Å². The molecule has 0 saturated carbocycles. The minimum atomic E-state index is -0.967. The van der Waals surface area contributed by atoms with Crippen molar-refractivity contribution in [3.05, 3.63) is 42.1 Å². The Morgan fingerprint density at radius 2 is 2.08 bits per heavy atom. The lowest BCUT2D eigenvalue weighted by Crippen LogP contribution is -2.32. The molecule has 1 rings (SSSR count). The Balaban J connectivity index is 3.00. The van der Waals surface area contributed by atoms with E-state index in [2.05, 4.69) is 25.6 Å². The molecular formula is C10H13OSi. The molecule has 0 spiro atoms. The van der Waals surface area contributed by atoms with Gasteiger partial charge in [0.15, 0.2) is 0 Å². The Morgan fingerprint density at radius 3 is 2.58 bits per heavy atom. The molecule has 0 aliphatic carbocycles. The van der Waals surface area contributed by atoms with Crippen LogP contribution in [0.5, 0.6) is 0 Å². The maximum Gasteiger partial charge on any atom is 0.274 e. The van der Waals surface area contributed by atoms with E-state index in [9.17, 15) is 0 Å². The molecule has 12 heavy (non-hydrogen) atoms. The van der Waals surface area contributed by atoms with Crippen LogP contribution in [0.1, 0.15) is 5.56 Å². The van der Waals surface area contributed by atoms with E-state index in [-0.39, 0.29) is 0 Å². The van der Waals surface area contributed by atoms with Gasteiger partial charge in [-0.05, 0) is 17.7 Å². The highest BCUT2D eigenvalue weighted by Crippen LogP contribution is 1.97. The van der Waals surface area contributed by atoms with E-state index in [4.69, 9.17) is 4.43 Å². The van der Waals surface area contributed by atoms with E-state index >= 15 is 0 Å². The van der Waals surface area contributed by atoms with Crippen molar-refractivity contribution in [3.8, 4) is 0 Å². The summed E-state index contributed by atoms with van der Waals surface area (Å²) in [4.78, 5) is 0. The molecule has 0 amide bonds. The molecule has 0 atom stereocenters. The molecule has 0 saturated heterocycles. The summed E-state index contributed by atoms with van der Waals surface area (Å²) in [6.45, 7) is 5.87. The maximum atomic E-state index is 5.35. The van der Waals surface area contributed by atoms with Crippen LogP contribution in [0.3, 0.4) is 0 Å². The highest BCUT2D eigenvalue weighted by atomic mass is 28.3. The van der Waals surface area contributed by atoms with E-state index in [1.54, 1.807) is 7.11 Å². The van der Waals surface area contributed by atoms with Gasteiger partial charge in [0.05, 0.1) is 0 Å². The molecule has 0 bridgehead atoms. The fourth-order valence-electron chi connectivity index (χ4n) is 1.15. The fourth-order valence-corrected chi connectivity index (χ4v) is 2.49. The van der Waals surface area contributed by atoms with Crippen LogP contribution < -0.4 is 5.19 Å². The number of aryl methyl sites for hydroxylation is 1. The van der Waals surface area contributed by atoms with Gasteiger partial charge in [0.2, 0.25) is 0 Å². The second-order valence-corrected chi connectivity index (χ2v) is 4.67. The smallest absolute Gasteiger partial charge is 0.274 e. The average Bonchev–Trinajstić information content (AvgIpc) is 2.10. The molecule has 1 aromatic rings. The van der Waals surface area contributed by atoms with Crippen molar-refractivity contribution in [2.45, 2.75) is 6.92 Å². The molecule has 0 heterocycles. The van der Waals surface area contributed by atoms with Crippen LogP contribution in [0, 0.1) is 6.92 Å².